The molecule has 0 radical (unpaired) electrons. The van der Waals surface area contributed by atoms with Gasteiger partial charge in [0, 0.05) is 12.6 Å². The van der Waals surface area contributed by atoms with Gasteiger partial charge in [0.2, 0.25) is 0 Å². The molecular weight excluding hydrogens is 238 g/mol. The zero-order valence-corrected chi connectivity index (χ0v) is 12.1. The average molecular weight is 263 g/mol. The van der Waals surface area contributed by atoms with E-state index in [0.717, 1.165) is 31.7 Å². The number of aliphatic hydroxyl groups excluding tert-OH is 1. The Morgan fingerprint density at radius 3 is 2.63 bits per heavy atom. The van der Waals surface area contributed by atoms with Crippen molar-refractivity contribution >= 4 is 0 Å². The Hall–Kier alpha value is -1.06. The van der Waals surface area contributed by atoms with E-state index in [-0.39, 0.29) is 6.61 Å². The third-order valence-electron chi connectivity index (χ3n) is 4.07. The number of hydrogen-bond acceptors (Lipinski definition) is 3. The summed E-state index contributed by atoms with van der Waals surface area (Å²) in [6.07, 6.45) is 4.38. The Labute approximate surface area is 116 Å². The quantitative estimate of drug-likeness (QED) is 0.856. The van der Waals surface area contributed by atoms with Crippen molar-refractivity contribution in [2.75, 3.05) is 26.8 Å². The maximum atomic E-state index is 9.37. The minimum absolute atomic E-state index is 0.246. The molecule has 0 spiro atoms. The number of aliphatic hydroxyl groups is 1. The second-order valence-electron chi connectivity index (χ2n) is 5.19. The summed E-state index contributed by atoms with van der Waals surface area (Å²) in [6.45, 7) is 4.73. The Bertz CT molecular complexity index is 400. The first-order valence-electron chi connectivity index (χ1n) is 7.31. The van der Waals surface area contributed by atoms with Crippen molar-refractivity contribution in [3.63, 3.8) is 0 Å². The van der Waals surface area contributed by atoms with Gasteiger partial charge in [-0.3, -0.25) is 4.90 Å². The van der Waals surface area contributed by atoms with Crippen LogP contribution in [0.2, 0.25) is 0 Å². The lowest BCUT2D eigenvalue weighted by molar-refractivity contribution is 0.184. The third kappa shape index (κ3) is 3.28. The molecule has 1 N–H and O–H groups in total. The van der Waals surface area contributed by atoms with Gasteiger partial charge in [0.05, 0.1) is 7.11 Å². The summed E-state index contributed by atoms with van der Waals surface area (Å²) in [4.78, 5) is 2.51. The van der Waals surface area contributed by atoms with Crippen molar-refractivity contribution in [2.24, 2.45) is 0 Å². The number of likely N-dealkylation sites (tertiary alicyclic amines) is 1. The fourth-order valence-corrected chi connectivity index (χ4v) is 3.05. The molecule has 3 heteroatoms. The number of aryl methyl sites for hydroxylation is 1. The molecule has 106 valence electrons. The maximum Gasteiger partial charge on any atom is 0.119 e. The van der Waals surface area contributed by atoms with Gasteiger partial charge in [-0.1, -0.05) is 13.0 Å². The molecule has 1 unspecified atom stereocenters. The first kappa shape index (κ1) is 14.4. The number of methoxy groups -OCH3 is 1. The lowest BCUT2D eigenvalue weighted by atomic mass is 9.95. The van der Waals surface area contributed by atoms with E-state index in [4.69, 9.17) is 4.74 Å². The number of benzene rings is 1. The zero-order chi connectivity index (χ0) is 13.7. The number of nitrogens with zero attached hydrogens (tertiary/aromatic N) is 1. The van der Waals surface area contributed by atoms with Crippen LogP contribution >= 0.6 is 0 Å². The summed E-state index contributed by atoms with van der Waals surface area (Å²) in [5, 5.41) is 9.37. The van der Waals surface area contributed by atoms with E-state index >= 15 is 0 Å². The number of hydrogen-bond donors (Lipinski definition) is 1. The summed E-state index contributed by atoms with van der Waals surface area (Å²) in [6, 6.07) is 6.70. The average Bonchev–Trinajstić information content (AvgIpc) is 2.98. The van der Waals surface area contributed by atoms with E-state index in [1.54, 1.807) is 7.11 Å². The van der Waals surface area contributed by atoms with Crippen molar-refractivity contribution in [1.82, 2.24) is 4.90 Å². The highest BCUT2D eigenvalue weighted by Gasteiger charge is 2.24. The topological polar surface area (TPSA) is 32.7 Å². The van der Waals surface area contributed by atoms with Crippen LogP contribution in [0.3, 0.4) is 0 Å². The molecule has 1 saturated heterocycles. The first-order valence-corrected chi connectivity index (χ1v) is 7.31. The van der Waals surface area contributed by atoms with E-state index in [9.17, 15) is 5.11 Å². The maximum absolute atomic E-state index is 9.37. The highest BCUT2D eigenvalue weighted by atomic mass is 16.5. The molecule has 1 aliphatic heterocycles. The van der Waals surface area contributed by atoms with Crippen LogP contribution in [-0.4, -0.2) is 36.8 Å². The lowest BCUT2D eigenvalue weighted by Gasteiger charge is -2.29. The van der Waals surface area contributed by atoms with Crippen LogP contribution in [0.4, 0.5) is 0 Å². The summed E-state index contributed by atoms with van der Waals surface area (Å²) >= 11 is 0. The van der Waals surface area contributed by atoms with E-state index in [1.165, 1.54) is 24.0 Å². The molecule has 1 aromatic rings. The molecule has 0 bridgehead atoms. The van der Waals surface area contributed by atoms with Crippen LogP contribution in [0.5, 0.6) is 5.75 Å². The van der Waals surface area contributed by atoms with Crippen LogP contribution < -0.4 is 4.74 Å². The van der Waals surface area contributed by atoms with Crippen molar-refractivity contribution < 1.29 is 9.84 Å². The highest BCUT2D eigenvalue weighted by Crippen LogP contribution is 2.32. The molecular formula is C16H25NO2. The van der Waals surface area contributed by atoms with Gasteiger partial charge in [-0.05, 0) is 62.0 Å². The summed E-state index contributed by atoms with van der Waals surface area (Å²) in [7, 11) is 1.71. The zero-order valence-electron chi connectivity index (χ0n) is 12.1. The van der Waals surface area contributed by atoms with Gasteiger partial charge in [-0.2, -0.15) is 0 Å². The molecule has 0 saturated carbocycles. The fourth-order valence-electron chi connectivity index (χ4n) is 3.05. The molecule has 19 heavy (non-hydrogen) atoms. The Balaban J connectivity index is 2.29. The van der Waals surface area contributed by atoms with Crippen LogP contribution in [-0.2, 0) is 6.42 Å². The number of ether oxygens (including phenoxy) is 1. The van der Waals surface area contributed by atoms with Crippen molar-refractivity contribution in [2.45, 2.75) is 38.6 Å². The van der Waals surface area contributed by atoms with Gasteiger partial charge in [-0.15, -0.1) is 0 Å². The highest BCUT2D eigenvalue weighted by molar-refractivity contribution is 5.37. The predicted octanol–water partition coefficient (Wildman–Crippen LogP) is 2.78. The monoisotopic (exact) mass is 263 g/mol. The molecule has 2 rings (SSSR count). The van der Waals surface area contributed by atoms with E-state index < -0.39 is 0 Å². The first-order chi connectivity index (χ1) is 9.30. The Morgan fingerprint density at radius 1 is 1.32 bits per heavy atom. The second-order valence-corrected chi connectivity index (χ2v) is 5.19. The smallest absolute Gasteiger partial charge is 0.119 e. The van der Waals surface area contributed by atoms with Gasteiger partial charge >= 0.3 is 0 Å². The van der Waals surface area contributed by atoms with E-state index in [0.29, 0.717) is 6.04 Å². The second kappa shape index (κ2) is 6.92. The fraction of sp³-hybridized carbons (Fsp3) is 0.625. The molecule has 1 atom stereocenters. The summed E-state index contributed by atoms with van der Waals surface area (Å²) in [5.41, 5.74) is 2.70. The Kier molecular flexibility index (Phi) is 5.23. The molecule has 3 nitrogen and oxygen atoms in total. The molecule has 1 aliphatic rings. The normalized spacial score (nSPS) is 17.6. The van der Waals surface area contributed by atoms with Crippen molar-refractivity contribution in [3.05, 3.63) is 29.3 Å². The lowest BCUT2D eigenvalue weighted by Crippen LogP contribution is -2.27. The third-order valence-corrected chi connectivity index (χ3v) is 4.07. The van der Waals surface area contributed by atoms with Crippen LogP contribution in [0.25, 0.3) is 0 Å². The molecule has 0 aliphatic carbocycles. The molecule has 0 aromatic heterocycles. The molecule has 1 fully saturated rings. The summed E-state index contributed by atoms with van der Waals surface area (Å²) < 4.78 is 5.31. The van der Waals surface area contributed by atoms with E-state index in [2.05, 4.69) is 24.0 Å². The van der Waals surface area contributed by atoms with Crippen LogP contribution in [0, 0.1) is 0 Å². The standard InChI is InChI=1S/C16H25NO2/c1-3-13-12-14(19-2)6-7-15(13)16(8-11-18)17-9-4-5-10-17/h6-7,12,16,18H,3-5,8-11H2,1-2H3. The van der Waals surface area contributed by atoms with Gasteiger partial charge in [0.25, 0.3) is 0 Å². The van der Waals surface area contributed by atoms with Gasteiger partial charge in [0.1, 0.15) is 5.75 Å². The number of rotatable bonds is 6. The van der Waals surface area contributed by atoms with Gasteiger partial charge in [-0.25, -0.2) is 0 Å². The van der Waals surface area contributed by atoms with Crippen molar-refractivity contribution in [3.8, 4) is 5.75 Å². The van der Waals surface area contributed by atoms with Gasteiger partial charge in [0.15, 0.2) is 0 Å². The molecule has 0 amide bonds. The molecule has 1 heterocycles. The van der Waals surface area contributed by atoms with Crippen molar-refractivity contribution in [1.29, 1.82) is 0 Å². The summed E-state index contributed by atoms with van der Waals surface area (Å²) in [5.74, 6) is 0.921. The SMILES string of the molecule is CCc1cc(OC)ccc1C(CCO)N1CCCC1. The molecule has 1 aromatic carbocycles. The van der Waals surface area contributed by atoms with Gasteiger partial charge < -0.3 is 9.84 Å². The Morgan fingerprint density at radius 2 is 2.05 bits per heavy atom. The minimum atomic E-state index is 0.246. The van der Waals surface area contributed by atoms with Crippen LogP contribution in [0.1, 0.15) is 43.4 Å². The minimum Gasteiger partial charge on any atom is -0.497 e. The predicted molar refractivity (Wildman–Crippen MR) is 77.6 cm³/mol. The van der Waals surface area contributed by atoms with Crippen LogP contribution in [0.15, 0.2) is 18.2 Å². The largest absolute Gasteiger partial charge is 0.497 e. The van der Waals surface area contributed by atoms with E-state index in [1.807, 2.05) is 6.07 Å².